The number of ether oxygens (including phenoxy) is 5. The van der Waals surface area contributed by atoms with Gasteiger partial charge >= 0.3 is 11.6 Å². The van der Waals surface area contributed by atoms with Gasteiger partial charge in [0.15, 0.2) is 11.5 Å². The van der Waals surface area contributed by atoms with E-state index in [1.54, 1.807) is 49.6 Å². The lowest BCUT2D eigenvalue weighted by Gasteiger charge is -2.14. The second kappa shape index (κ2) is 9.80. The van der Waals surface area contributed by atoms with Crippen LogP contribution in [0.3, 0.4) is 0 Å². The standard InChI is InChI=1S/C27H24O8/c1-15-20-14-19(34-26(28)17-12-22(31-3)25(33-5)23(13-17)32-4)10-11-21(20)35-27(29)24(15)16-6-8-18(30-2)9-7-16/h6-14H,1-5H3. The summed E-state index contributed by atoms with van der Waals surface area (Å²) in [6.45, 7) is 1.82. The quantitative estimate of drug-likeness (QED) is 0.209. The zero-order valence-corrected chi connectivity index (χ0v) is 20.0. The number of aryl methyl sites for hydroxylation is 1. The number of rotatable bonds is 7. The third-order valence-electron chi connectivity index (χ3n) is 5.63. The van der Waals surface area contributed by atoms with Crippen LogP contribution in [-0.2, 0) is 0 Å². The van der Waals surface area contributed by atoms with Crippen molar-refractivity contribution in [3.63, 3.8) is 0 Å². The number of fused-ring (bicyclic) bond motifs is 1. The lowest BCUT2D eigenvalue weighted by Crippen LogP contribution is -2.10. The van der Waals surface area contributed by atoms with Crippen molar-refractivity contribution in [2.24, 2.45) is 0 Å². The molecule has 0 aliphatic rings. The minimum absolute atomic E-state index is 0.217. The second-order valence-corrected chi connectivity index (χ2v) is 7.58. The molecule has 0 amide bonds. The van der Waals surface area contributed by atoms with Gasteiger partial charge in [0, 0.05) is 5.39 Å². The molecule has 0 spiro atoms. The first-order valence-electron chi connectivity index (χ1n) is 10.6. The molecule has 4 rings (SSSR count). The molecular weight excluding hydrogens is 452 g/mol. The third-order valence-corrected chi connectivity index (χ3v) is 5.63. The molecule has 4 aromatic rings. The Balaban J connectivity index is 1.72. The lowest BCUT2D eigenvalue weighted by atomic mass is 9.99. The minimum Gasteiger partial charge on any atom is -0.497 e. The zero-order valence-electron chi connectivity index (χ0n) is 20.0. The van der Waals surface area contributed by atoms with Gasteiger partial charge in [0.1, 0.15) is 17.1 Å². The van der Waals surface area contributed by atoms with E-state index in [1.165, 1.54) is 33.5 Å². The van der Waals surface area contributed by atoms with Crippen LogP contribution in [0.4, 0.5) is 0 Å². The fourth-order valence-corrected chi connectivity index (χ4v) is 3.85. The Bertz CT molecular complexity index is 1430. The number of esters is 1. The van der Waals surface area contributed by atoms with Crippen LogP contribution in [0.2, 0.25) is 0 Å². The van der Waals surface area contributed by atoms with Crippen LogP contribution in [-0.4, -0.2) is 34.4 Å². The summed E-state index contributed by atoms with van der Waals surface area (Å²) in [4.78, 5) is 25.6. The van der Waals surface area contributed by atoms with Crippen molar-refractivity contribution in [1.82, 2.24) is 0 Å². The van der Waals surface area contributed by atoms with E-state index in [2.05, 4.69) is 0 Å². The summed E-state index contributed by atoms with van der Waals surface area (Å²) in [5.41, 5.74) is 1.97. The summed E-state index contributed by atoms with van der Waals surface area (Å²) in [5.74, 6) is 1.38. The Morgan fingerprint density at radius 1 is 0.771 bits per heavy atom. The molecule has 8 heteroatoms. The smallest absolute Gasteiger partial charge is 0.344 e. The van der Waals surface area contributed by atoms with E-state index in [-0.39, 0.29) is 11.3 Å². The molecule has 1 heterocycles. The van der Waals surface area contributed by atoms with Gasteiger partial charge in [0.2, 0.25) is 5.75 Å². The van der Waals surface area contributed by atoms with Crippen molar-refractivity contribution in [3.8, 4) is 39.9 Å². The van der Waals surface area contributed by atoms with Gasteiger partial charge in [0.25, 0.3) is 0 Å². The van der Waals surface area contributed by atoms with Crippen molar-refractivity contribution in [1.29, 1.82) is 0 Å². The number of hydrogen-bond acceptors (Lipinski definition) is 8. The SMILES string of the molecule is COc1ccc(-c2c(C)c3cc(OC(=O)c4cc(OC)c(OC)c(OC)c4)ccc3oc2=O)cc1. The van der Waals surface area contributed by atoms with Gasteiger partial charge in [-0.05, 0) is 60.5 Å². The highest BCUT2D eigenvalue weighted by molar-refractivity contribution is 5.94. The predicted molar refractivity (Wildman–Crippen MR) is 130 cm³/mol. The first-order chi connectivity index (χ1) is 16.9. The van der Waals surface area contributed by atoms with Crippen molar-refractivity contribution >= 4 is 16.9 Å². The lowest BCUT2D eigenvalue weighted by molar-refractivity contribution is 0.0734. The summed E-state index contributed by atoms with van der Waals surface area (Å²) in [6.07, 6.45) is 0. The van der Waals surface area contributed by atoms with Gasteiger partial charge in [-0.3, -0.25) is 0 Å². The second-order valence-electron chi connectivity index (χ2n) is 7.58. The van der Waals surface area contributed by atoms with Crippen LogP contribution in [0.1, 0.15) is 15.9 Å². The summed E-state index contributed by atoms with van der Waals surface area (Å²) < 4.78 is 32.3. The molecule has 0 aliphatic carbocycles. The normalized spacial score (nSPS) is 10.7. The highest BCUT2D eigenvalue weighted by Gasteiger charge is 2.19. The molecule has 1 aromatic heterocycles. The maximum absolute atomic E-state index is 12.9. The number of carbonyl (C=O) groups is 1. The Hall–Kier alpha value is -4.46. The molecule has 0 radical (unpaired) electrons. The maximum atomic E-state index is 12.9. The average Bonchev–Trinajstić information content (AvgIpc) is 2.88. The van der Waals surface area contributed by atoms with Crippen molar-refractivity contribution in [2.75, 3.05) is 28.4 Å². The molecule has 8 nitrogen and oxygen atoms in total. The van der Waals surface area contributed by atoms with Gasteiger partial charge in [0.05, 0.1) is 39.6 Å². The van der Waals surface area contributed by atoms with Crippen LogP contribution in [0.15, 0.2) is 63.8 Å². The summed E-state index contributed by atoms with van der Waals surface area (Å²) >= 11 is 0. The summed E-state index contributed by atoms with van der Waals surface area (Å²) in [6, 6.07) is 15.0. The van der Waals surface area contributed by atoms with Crippen LogP contribution >= 0.6 is 0 Å². The molecule has 0 saturated heterocycles. The largest absolute Gasteiger partial charge is 0.497 e. The molecule has 35 heavy (non-hydrogen) atoms. The fourth-order valence-electron chi connectivity index (χ4n) is 3.85. The van der Waals surface area contributed by atoms with E-state index in [4.69, 9.17) is 28.1 Å². The number of methoxy groups -OCH3 is 4. The maximum Gasteiger partial charge on any atom is 0.344 e. The number of hydrogen-bond donors (Lipinski definition) is 0. The first-order valence-corrected chi connectivity index (χ1v) is 10.6. The van der Waals surface area contributed by atoms with Crippen LogP contribution in [0, 0.1) is 6.92 Å². The molecule has 0 bridgehead atoms. The van der Waals surface area contributed by atoms with Crippen molar-refractivity contribution < 1.29 is 32.9 Å². The number of carbonyl (C=O) groups excluding carboxylic acids is 1. The van der Waals surface area contributed by atoms with Crippen LogP contribution < -0.4 is 29.3 Å². The Kier molecular flexibility index (Phi) is 6.64. The molecule has 0 aliphatic heterocycles. The van der Waals surface area contributed by atoms with Gasteiger partial charge < -0.3 is 28.1 Å². The molecule has 0 atom stereocenters. The molecular formula is C27H24O8. The highest BCUT2D eigenvalue weighted by atomic mass is 16.5. The molecule has 0 unspecified atom stereocenters. The Morgan fingerprint density at radius 3 is 1.97 bits per heavy atom. The topological polar surface area (TPSA) is 93.4 Å². The van der Waals surface area contributed by atoms with E-state index >= 15 is 0 Å². The molecule has 0 fully saturated rings. The highest BCUT2D eigenvalue weighted by Crippen LogP contribution is 2.38. The van der Waals surface area contributed by atoms with E-state index in [1.807, 2.05) is 6.92 Å². The summed E-state index contributed by atoms with van der Waals surface area (Å²) in [7, 11) is 5.99. The molecule has 0 N–H and O–H groups in total. The van der Waals surface area contributed by atoms with Gasteiger partial charge in [-0.2, -0.15) is 0 Å². The Labute approximate surface area is 201 Å². The van der Waals surface area contributed by atoms with Gasteiger partial charge in [-0.15, -0.1) is 0 Å². The van der Waals surface area contributed by atoms with E-state index in [9.17, 15) is 9.59 Å². The zero-order chi connectivity index (χ0) is 25.1. The van der Waals surface area contributed by atoms with Gasteiger partial charge in [-0.1, -0.05) is 12.1 Å². The van der Waals surface area contributed by atoms with E-state index in [0.717, 1.165) is 0 Å². The molecule has 180 valence electrons. The van der Waals surface area contributed by atoms with Crippen molar-refractivity contribution in [2.45, 2.75) is 6.92 Å². The summed E-state index contributed by atoms with van der Waals surface area (Å²) in [5, 5.41) is 0.644. The first kappa shape index (κ1) is 23.7. The van der Waals surface area contributed by atoms with Crippen LogP contribution in [0.5, 0.6) is 28.7 Å². The van der Waals surface area contributed by atoms with Crippen molar-refractivity contribution in [3.05, 3.63) is 76.1 Å². The molecule has 0 saturated carbocycles. The van der Waals surface area contributed by atoms with Gasteiger partial charge in [-0.25, -0.2) is 9.59 Å². The molecule has 3 aromatic carbocycles. The number of benzene rings is 3. The Morgan fingerprint density at radius 2 is 1.40 bits per heavy atom. The minimum atomic E-state index is -0.617. The monoisotopic (exact) mass is 476 g/mol. The average molecular weight is 476 g/mol. The van der Waals surface area contributed by atoms with Crippen LogP contribution in [0.25, 0.3) is 22.1 Å². The van der Waals surface area contributed by atoms with E-state index < -0.39 is 11.6 Å². The fraction of sp³-hybridized carbons (Fsp3) is 0.185. The third kappa shape index (κ3) is 4.50. The predicted octanol–water partition coefficient (Wildman–Crippen LogP) is 5.02. The van der Waals surface area contributed by atoms with E-state index in [0.29, 0.717) is 50.7 Å².